The predicted octanol–water partition coefficient (Wildman–Crippen LogP) is 6.19. The van der Waals surface area contributed by atoms with Gasteiger partial charge in [0.2, 0.25) is 0 Å². The number of amides is 2. The number of carbonyl (C=O) groups is 2. The van der Waals surface area contributed by atoms with Gasteiger partial charge in [-0.25, -0.2) is 13.2 Å². The van der Waals surface area contributed by atoms with E-state index in [9.17, 15) is 31.2 Å². The van der Waals surface area contributed by atoms with Crippen molar-refractivity contribution in [2.24, 2.45) is 5.92 Å². The van der Waals surface area contributed by atoms with Gasteiger partial charge in [0.25, 0.3) is 5.91 Å². The zero-order valence-corrected chi connectivity index (χ0v) is 26.9. The Bertz CT molecular complexity index is 1430. The predicted molar refractivity (Wildman–Crippen MR) is 157 cm³/mol. The maximum Gasteiger partial charge on any atom is 0.416 e. The van der Waals surface area contributed by atoms with E-state index in [4.69, 9.17) is 16.3 Å². The van der Waals surface area contributed by atoms with Gasteiger partial charge in [-0.1, -0.05) is 34.5 Å². The number of alkyl carbamates (subject to hydrolysis) is 1. The first-order chi connectivity index (χ1) is 19.4. The molecule has 3 rings (SSSR count). The van der Waals surface area contributed by atoms with E-state index in [-0.39, 0.29) is 55.8 Å². The van der Waals surface area contributed by atoms with Gasteiger partial charge in [0, 0.05) is 41.2 Å². The molecule has 1 atom stereocenters. The lowest BCUT2D eigenvalue weighted by atomic mass is 10.0. The summed E-state index contributed by atoms with van der Waals surface area (Å²) in [5.74, 6) is -0.928. The lowest BCUT2D eigenvalue weighted by molar-refractivity contribution is -0.138. The van der Waals surface area contributed by atoms with Gasteiger partial charge >= 0.3 is 12.3 Å². The topological polar surface area (TPSA) is 105 Å². The molecular weight excluding hydrogens is 663 g/mol. The molecule has 232 valence electrons. The molecule has 1 heterocycles. The molecule has 1 saturated heterocycles. The highest BCUT2D eigenvalue weighted by atomic mass is 79.9. The minimum Gasteiger partial charge on any atom is -0.444 e. The molecule has 0 spiro atoms. The van der Waals surface area contributed by atoms with Crippen LogP contribution in [0, 0.1) is 5.92 Å². The average molecular weight is 697 g/mol. The summed E-state index contributed by atoms with van der Waals surface area (Å²) in [6, 6.07) is 6.28. The van der Waals surface area contributed by atoms with Crippen LogP contribution in [0.5, 0.6) is 0 Å². The molecule has 0 saturated carbocycles. The number of carbonyl (C=O) groups excluding carboxylic acids is 2. The van der Waals surface area contributed by atoms with E-state index in [0.29, 0.717) is 26.1 Å². The zero-order chi connectivity index (χ0) is 31.5. The Hall–Kier alpha value is -2.35. The van der Waals surface area contributed by atoms with Crippen molar-refractivity contribution in [3.05, 3.63) is 62.1 Å². The van der Waals surface area contributed by atoms with Crippen molar-refractivity contribution in [1.29, 1.82) is 0 Å². The third kappa shape index (κ3) is 9.32. The zero-order valence-electron chi connectivity index (χ0n) is 23.7. The lowest BCUT2D eigenvalue weighted by Crippen LogP contribution is -2.36. The van der Waals surface area contributed by atoms with Crippen LogP contribution in [0.15, 0.2) is 39.7 Å². The molecule has 1 aliphatic rings. The van der Waals surface area contributed by atoms with Crippen molar-refractivity contribution in [2.45, 2.75) is 63.9 Å². The summed E-state index contributed by atoms with van der Waals surface area (Å²) in [6.45, 7) is 7.83. The molecule has 14 heteroatoms. The minimum absolute atomic E-state index is 0.00702. The maximum absolute atomic E-state index is 14.2. The molecule has 2 N–H and O–H groups in total. The minimum atomic E-state index is -4.74. The number of benzene rings is 2. The summed E-state index contributed by atoms with van der Waals surface area (Å²) in [6.07, 6.45) is -4.59. The van der Waals surface area contributed by atoms with Gasteiger partial charge in [0.1, 0.15) is 5.60 Å². The third-order valence-electron chi connectivity index (χ3n) is 6.63. The maximum atomic E-state index is 14.2. The van der Waals surface area contributed by atoms with Crippen LogP contribution in [0.4, 0.5) is 18.0 Å². The van der Waals surface area contributed by atoms with Gasteiger partial charge < -0.3 is 15.4 Å². The second-order valence-electron chi connectivity index (χ2n) is 11.1. The van der Waals surface area contributed by atoms with E-state index in [2.05, 4.69) is 26.6 Å². The van der Waals surface area contributed by atoms with Gasteiger partial charge in [-0.15, -0.1) is 0 Å². The number of alkyl halides is 3. The highest BCUT2D eigenvalue weighted by Gasteiger charge is 2.36. The highest BCUT2D eigenvalue weighted by molar-refractivity contribution is 9.10. The SMILES string of the molecule is CCS(=O)(=O)c1ccc(Cl)cc1CNC(=O)c1cc(Br)c(CN2CC[C@@H](CNC(=O)OC(C)(C)C)C2)c(C(F)(F)F)c1. The number of halogens is 5. The number of sulfone groups is 1. The van der Waals surface area contributed by atoms with Crippen LogP contribution in [-0.2, 0) is 33.8 Å². The van der Waals surface area contributed by atoms with Gasteiger partial charge in [-0.05, 0) is 81.1 Å². The van der Waals surface area contributed by atoms with Crippen LogP contribution in [0.3, 0.4) is 0 Å². The molecule has 0 bridgehead atoms. The van der Waals surface area contributed by atoms with Crippen LogP contribution in [0.1, 0.15) is 61.2 Å². The Labute approximate surface area is 257 Å². The fourth-order valence-corrected chi connectivity index (χ4v) is 6.49. The second-order valence-corrected chi connectivity index (χ2v) is 14.6. The number of hydrogen-bond donors (Lipinski definition) is 2. The summed E-state index contributed by atoms with van der Waals surface area (Å²) in [4.78, 5) is 26.7. The monoisotopic (exact) mass is 695 g/mol. The van der Waals surface area contributed by atoms with Crippen LogP contribution < -0.4 is 10.6 Å². The fraction of sp³-hybridized carbons (Fsp3) is 0.500. The number of rotatable bonds is 9. The molecule has 0 radical (unpaired) electrons. The summed E-state index contributed by atoms with van der Waals surface area (Å²) in [5.41, 5.74) is -1.60. The molecule has 42 heavy (non-hydrogen) atoms. The third-order valence-corrected chi connectivity index (χ3v) is 9.40. The van der Waals surface area contributed by atoms with Crippen LogP contribution >= 0.6 is 27.5 Å². The Balaban J connectivity index is 1.74. The Kier molecular flexibility index (Phi) is 11.0. The van der Waals surface area contributed by atoms with Crippen molar-refractivity contribution >= 4 is 49.4 Å². The number of likely N-dealkylation sites (tertiary alicyclic amines) is 1. The molecule has 1 fully saturated rings. The van der Waals surface area contributed by atoms with Crippen molar-refractivity contribution in [2.75, 3.05) is 25.4 Å². The normalized spacial score (nSPS) is 16.4. The Morgan fingerprint density at radius 2 is 1.83 bits per heavy atom. The largest absolute Gasteiger partial charge is 0.444 e. The quantitative estimate of drug-likeness (QED) is 0.324. The van der Waals surface area contributed by atoms with E-state index in [1.54, 1.807) is 20.8 Å². The summed E-state index contributed by atoms with van der Waals surface area (Å²) < 4.78 is 72.8. The molecule has 0 unspecified atom stereocenters. The van der Waals surface area contributed by atoms with E-state index in [1.807, 2.05) is 4.90 Å². The second kappa shape index (κ2) is 13.5. The Morgan fingerprint density at radius 3 is 2.45 bits per heavy atom. The summed E-state index contributed by atoms with van der Waals surface area (Å²) in [5, 5.41) is 5.48. The van der Waals surface area contributed by atoms with E-state index >= 15 is 0 Å². The first-order valence-electron chi connectivity index (χ1n) is 13.3. The van der Waals surface area contributed by atoms with E-state index in [0.717, 1.165) is 6.07 Å². The van der Waals surface area contributed by atoms with E-state index in [1.165, 1.54) is 31.2 Å². The molecule has 2 amide bonds. The summed E-state index contributed by atoms with van der Waals surface area (Å²) in [7, 11) is -3.63. The smallest absolute Gasteiger partial charge is 0.416 e. The average Bonchev–Trinajstić information content (AvgIpc) is 3.32. The molecule has 1 aliphatic heterocycles. The fourth-order valence-electron chi connectivity index (χ4n) is 4.59. The molecule has 8 nitrogen and oxygen atoms in total. The lowest BCUT2D eigenvalue weighted by Gasteiger charge is -2.22. The van der Waals surface area contributed by atoms with Gasteiger partial charge in [0.05, 0.1) is 16.2 Å². The molecule has 2 aromatic carbocycles. The number of nitrogens with zero attached hydrogens (tertiary/aromatic N) is 1. The van der Waals surface area contributed by atoms with Gasteiger partial charge in [-0.3, -0.25) is 9.69 Å². The van der Waals surface area contributed by atoms with Crippen molar-refractivity contribution < 1.29 is 35.9 Å². The molecule has 2 aromatic rings. The van der Waals surface area contributed by atoms with E-state index < -0.39 is 39.2 Å². The van der Waals surface area contributed by atoms with Crippen LogP contribution in [-0.4, -0.2) is 56.3 Å². The van der Waals surface area contributed by atoms with Gasteiger partial charge in [-0.2, -0.15) is 13.2 Å². The van der Waals surface area contributed by atoms with Crippen molar-refractivity contribution in [3.63, 3.8) is 0 Å². The van der Waals surface area contributed by atoms with Crippen LogP contribution in [0.2, 0.25) is 5.02 Å². The number of nitrogens with one attached hydrogen (secondary N) is 2. The molecule has 0 aliphatic carbocycles. The van der Waals surface area contributed by atoms with Gasteiger partial charge in [0.15, 0.2) is 9.84 Å². The van der Waals surface area contributed by atoms with Crippen LogP contribution in [0.25, 0.3) is 0 Å². The summed E-state index contributed by atoms with van der Waals surface area (Å²) >= 11 is 9.25. The number of hydrogen-bond acceptors (Lipinski definition) is 6. The first-order valence-corrected chi connectivity index (χ1v) is 16.1. The molecule has 0 aromatic heterocycles. The molecular formula is C28H34BrClF3N3O5S. The standard InChI is InChI=1S/C28H34BrClF3N3O5S/c1-5-42(39,40)24-7-6-20(30)10-19(24)14-34-25(37)18-11-22(28(31,32)33)21(23(29)12-18)16-36-9-8-17(15-36)13-35-26(38)41-27(2,3)4/h6-7,10-12,17H,5,8-9,13-16H2,1-4H3,(H,34,37)(H,35,38)/t17-/m0/s1. The first kappa shape index (κ1) is 34.1. The van der Waals surface area contributed by atoms with Crippen molar-refractivity contribution in [1.82, 2.24) is 15.5 Å². The Morgan fingerprint density at radius 1 is 1.14 bits per heavy atom. The number of ether oxygens (including phenoxy) is 1. The van der Waals surface area contributed by atoms with Crippen molar-refractivity contribution in [3.8, 4) is 0 Å². The highest BCUT2D eigenvalue weighted by Crippen LogP contribution is 2.37.